The van der Waals surface area contributed by atoms with Crippen molar-refractivity contribution in [2.45, 2.75) is 6.92 Å². The molecule has 1 rings (SSSR count). The third kappa shape index (κ3) is 1.61. The molecular weight excluding hydrogens is 170 g/mol. The molecule has 0 bridgehead atoms. The van der Waals surface area contributed by atoms with Crippen LogP contribution in [0.25, 0.3) is 0 Å². The van der Waals surface area contributed by atoms with Crippen molar-refractivity contribution in [3.8, 4) is 0 Å². The van der Waals surface area contributed by atoms with E-state index in [0.29, 0.717) is 11.1 Å². The fourth-order valence-electron chi connectivity index (χ4n) is 1.09. The van der Waals surface area contributed by atoms with E-state index in [1.807, 2.05) is 0 Å². The third-order valence-corrected chi connectivity index (χ3v) is 1.92. The van der Waals surface area contributed by atoms with Crippen molar-refractivity contribution in [1.82, 2.24) is 4.57 Å². The van der Waals surface area contributed by atoms with Crippen molar-refractivity contribution in [2.24, 2.45) is 7.05 Å². The molecule has 1 heterocycles. The maximum Gasteiger partial charge on any atom is 0.338 e. The second-order valence-corrected chi connectivity index (χ2v) is 2.76. The largest absolute Gasteiger partial charge is 0.465 e. The summed E-state index contributed by atoms with van der Waals surface area (Å²) in [4.78, 5) is 22.5. The summed E-state index contributed by atoms with van der Waals surface area (Å²) in [5.74, 6) is -0.477. The van der Waals surface area contributed by atoms with Crippen molar-refractivity contribution in [3.63, 3.8) is 0 Å². The van der Waals surface area contributed by atoms with Crippen molar-refractivity contribution in [1.29, 1.82) is 0 Å². The minimum Gasteiger partial charge on any atom is -0.465 e. The number of carbonyl (C=O) groups excluding carboxylic acids is 1. The molecule has 0 N–H and O–H groups in total. The fourth-order valence-corrected chi connectivity index (χ4v) is 1.09. The van der Waals surface area contributed by atoms with Crippen LogP contribution in [0.2, 0.25) is 0 Å². The molecule has 13 heavy (non-hydrogen) atoms. The monoisotopic (exact) mass is 181 g/mol. The van der Waals surface area contributed by atoms with Gasteiger partial charge < -0.3 is 9.30 Å². The topological polar surface area (TPSA) is 48.3 Å². The number of hydrogen-bond donors (Lipinski definition) is 0. The molecule has 0 aliphatic heterocycles. The van der Waals surface area contributed by atoms with E-state index in [0.717, 1.165) is 0 Å². The first-order valence-corrected chi connectivity index (χ1v) is 3.82. The summed E-state index contributed by atoms with van der Waals surface area (Å²) in [7, 11) is 2.93. The lowest BCUT2D eigenvalue weighted by atomic mass is 10.1. The van der Waals surface area contributed by atoms with Crippen LogP contribution >= 0.6 is 0 Å². The first-order valence-electron chi connectivity index (χ1n) is 3.82. The Labute approximate surface area is 75.8 Å². The Morgan fingerprint density at radius 3 is 2.69 bits per heavy atom. The Morgan fingerprint density at radius 2 is 2.15 bits per heavy atom. The van der Waals surface area contributed by atoms with Gasteiger partial charge in [-0.1, -0.05) is 0 Å². The average Bonchev–Trinajstić information content (AvgIpc) is 2.13. The first-order chi connectivity index (χ1) is 6.07. The molecule has 0 saturated heterocycles. The molecule has 1 aromatic rings. The number of methoxy groups -OCH3 is 1. The molecule has 0 aliphatic rings. The summed E-state index contributed by atoms with van der Waals surface area (Å²) < 4.78 is 5.94. The molecule has 70 valence electrons. The Morgan fingerprint density at radius 1 is 1.54 bits per heavy atom. The van der Waals surface area contributed by atoms with Crippen LogP contribution in [0.4, 0.5) is 0 Å². The normalized spacial score (nSPS) is 9.77. The summed E-state index contributed by atoms with van der Waals surface area (Å²) in [6.45, 7) is 1.61. The zero-order valence-electron chi connectivity index (χ0n) is 7.83. The standard InChI is InChI=1S/C9H11NO3/c1-6-7(9(12)13-3)4-5-10(2)8(6)11/h4-5H,1-3H3. The molecule has 0 saturated carbocycles. The van der Waals surface area contributed by atoms with Crippen LogP contribution in [-0.2, 0) is 11.8 Å². The highest BCUT2D eigenvalue weighted by Gasteiger charge is 2.11. The van der Waals surface area contributed by atoms with Crippen molar-refractivity contribution < 1.29 is 9.53 Å². The van der Waals surface area contributed by atoms with E-state index in [1.165, 1.54) is 11.7 Å². The number of aryl methyl sites for hydroxylation is 1. The van der Waals surface area contributed by atoms with Gasteiger partial charge in [0.25, 0.3) is 5.56 Å². The van der Waals surface area contributed by atoms with Crippen LogP contribution in [0.1, 0.15) is 15.9 Å². The van der Waals surface area contributed by atoms with Crippen LogP contribution in [0.5, 0.6) is 0 Å². The van der Waals surface area contributed by atoms with Crippen LogP contribution in [0, 0.1) is 6.92 Å². The Kier molecular flexibility index (Phi) is 2.51. The van der Waals surface area contributed by atoms with Crippen molar-refractivity contribution in [2.75, 3.05) is 7.11 Å². The predicted octanol–water partition coefficient (Wildman–Crippen LogP) is 0.480. The summed E-state index contributed by atoms with van der Waals surface area (Å²) in [5.41, 5.74) is 0.561. The SMILES string of the molecule is COC(=O)c1ccn(C)c(=O)c1C. The van der Waals surface area contributed by atoms with Gasteiger partial charge in [-0.25, -0.2) is 4.79 Å². The maximum absolute atomic E-state index is 11.4. The Balaban J connectivity index is 3.35. The highest BCUT2D eigenvalue weighted by atomic mass is 16.5. The molecule has 0 spiro atoms. The van der Waals surface area contributed by atoms with Crippen LogP contribution in [0.15, 0.2) is 17.1 Å². The highest BCUT2D eigenvalue weighted by molar-refractivity contribution is 5.90. The number of pyridine rings is 1. The van der Waals surface area contributed by atoms with Crippen LogP contribution in [0.3, 0.4) is 0 Å². The van der Waals surface area contributed by atoms with Gasteiger partial charge in [0.2, 0.25) is 0 Å². The van der Waals surface area contributed by atoms with Gasteiger partial charge in [0.05, 0.1) is 12.7 Å². The minimum absolute atomic E-state index is 0.178. The lowest BCUT2D eigenvalue weighted by molar-refractivity contribution is 0.0599. The van der Waals surface area contributed by atoms with Gasteiger partial charge >= 0.3 is 5.97 Å². The average molecular weight is 181 g/mol. The number of rotatable bonds is 1. The minimum atomic E-state index is -0.477. The molecule has 0 radical (unpaired) electrons. The molecule has 0 amide bonds. The molecular formula is C9H11NO3. The third-order valence-electron chi connectivity index (χ3n) is 1.92. The van der Waals surface area contributed by atoms with Gasteiger partial charge in [-0.05, 0) is 13.0 Å². The van der Waals surface area contributed by atoms with Gasteiger partial charge in [0.15, 0.2) is 0 Å². The summed E-state index contributed by atoms with van der Waals surface area (Å²) in [6.07, 6.45) is 1.54. The van der Waals surface area contributed by atoms with E-state index in [2.05, 4.69) is 4.74 Å². The van der Waals surface area contributed by atoms with Crippen LogP contribution < -0.4 is 5.56 Å². The van der Waals surface area contributed by atoms with E-state index in [9.17, 15) is 9.59 Å². The number of esters is 1. The predicted molar refractivity (Wildman–Crippen MR) is 47.8 cm³/mol. The Bertz CT molecular complexity index is 392. The summed E-state index contributed by atoms with van der Waals surface area (Å²) in [6, 6.07) is 1.57. The zero-order valence-corrected chi connectivity index (χ0v) is 7.83. The van der Waals surface area contributed by atoms with E-state index < -0.39 is 5.97 Å². The highest BCUT2D eigenvalue weighted by Crippen LogP contribution is 2.03. The lowest BCUT2D eigenvalue weighted by Gasteiger charge is -2.04. The molecule has 0 aromatic carbocycles. The zero-order chi connectivity index (χ0) is 10.0. The van der Waals surface area contributed by atoms with Gasteiger partial charge in [0, 0.05) is 18.8 Å². The Hall–Kier alpha value is -1.58. The van der Waals surface area contributed by atoms with Gasteiger partial charge in [-0.2, -0.15) is 0 Å². The van der Waals surface area contributed by atoms with E-state index in [4.69, 9.17) is 0 Å². The maximum atomic E-state index is 11.4. The molecule has 4 heteroatoms. The smallest absolute Gasteiger partial charge is 0.338 e. The van der Waals surface area contributed by atoms with Crippen molar-refractivity contribution >= 4 is 5.97 Å². The number of aromatic nitrogens is 1. The van der Waals surface area contributed by atoms with Gasteiger partial charge in [-0.15, -0.1) is 0 Å². The van der Waals surface area contributed by atoms with Gasteiger partial charge in [-0.3, -0.25) is 4.79 Å². The number of carbonyl (C=O) groups is 1. The van der Waals surface area contributed by atoms with Gasteiger partial charge in [0.1, 0.15) is 0 Å². The number of hydrogen-bond acceptors (Lipinski definition) is 3. The van der Waals surface area contributed by atoms with Crippen molar-refractivity contribution in [3.05, 3.63) is 33.7 Å². The second-order valence-electron chi connectivity index (χ2n) is 2.76. The second kappa shape index (κ2) is 3.43. The molecule has 0 aliphatic carbocycles. The molecule has 0 fully saturated rings. The summed E-state index contributed by atoms with van der Waals surface area (Å²) in [5, 5.41) is 0. The van der Waals surface area contributed by atoms with E-state index in [-0.39, 0.29) is 5.56 Å². The molecule has 0 atom stereocenters. The first kappa shape index (κ1) is 9.51. The molecule has 0 unspecified atom stereocenters. The lowest BCUT2D eigenvalue weighted by Crippen LogP contribution is -2.22. The quantitative estimate of drug-likeness (QED) is 0.592. The van der Waals surface area contributed by atoms with Crippen LogP contribution in [-0.4, -0.2) is 17.6 Å². The fraction of sp³-hybridized carbons (Fsp3) is 0.333. The molecule has 1 aromatic heterocycles. The van der Waals surface area contributed by atoms with E-state index >= 15 is 0 Å². The molecule has 4 nitrogen and oxygen atoms in total. The summed E-state index contributed by atoms with van der Waals surface area (Å²) >= 11 is 0. The number of nitrogens with zero attached hydrogens (tertiary/aromatic N) is 1. The van der Waals surface area contributed by atoms with E-state index in [1.54, 1.807) is 26.2 Å². The number of ether oxygens (including phenoxy) is 1.